The molecule has 1 radical (unpaired) electrons. The van der Waals surface area contributed by atoms with Crippen LogP contribution in [0.25, 0.3) is 0 Å². The Kier molecular flexibility index (Phi) is 6.80. The summed E-state index contributed by atoms with van der Waals surface area (Å²) in [7, 11) is 2.30. The molecule has 3 fully saturated rings. The van der Waals surface area contributed by atoms with Crippen LogP contribution in [0.5, 0.6) is 0 Å². The summed E-state index contributed by atoms with van der Waals surface area (Å²) in [5.74, 6) is 1.30. The molecule has 0 aromatic heterocycles. The molecular formula is C30H37BN3O2. The summed E-state index contributed by atoms with van der Waals surface area (Å²) >= 11 is 0. The number of hydrogen-bond acceptors (Lipinski definition) is 3. The van der Waals surface area contributed by atoms with Gasteiger partial charge in [-0.2, -0.15) is 0 Å². The predicted octanol–water partition coefficient (Wildman–Crippen LogP) is 5.43. The van der Waals surface area contributed by atoms with Crippen molar-refractivity contribution in [3.8, 4) is 0 Å². The first-order valence-electron chi connectivity index (χ1n) is 13.6. The van der Waals surface area contributed by atoms with Gasteiger partial charge >= 0.3 is 0 Å². The molecule has 5 nitrogen and oxygen atoms in total. The molecule has 0 spiro atoms. The average Bonchev–Trinajstić information content (AvgIpc) is 3.71. The minimum Gasteiger partial charge on any atom is -0.339 e. The molecule has 2 saturated heterocycles. The summed E-state index contributed by atoms with van der Waals surface area (Å²) in [6.07, 6.45) is 4.90. The second kappa shape index (κ2) is 9.87. The van der Waals surface area contributed by atoms with Gasteiger partial charge in [0.1, 0.15) is 13.1 Å². The highest BCUT2D eigenvalue weighted by molar-refractivity contribution is 6.51. The highest BCUT2D eigenvalue weighted by atomic mass is 16.2. The lowest BCUT2D eigenvalue weighted by Gasteiger charge is -2.55. The van der Waals surface area contributed by atoms with E-state index >= 15 is 0 Å². The van der Waals surface area contributed by atoms with E-state index in [0.29, 0.717) is 23.8 Å². The first-order chi connectivity index (χ1) is 17.4. The Labute approximate surface area is 216 Å². The molecule has 2 aliphatic heterocycles. The second-order valence-electron chi connectivity index (χ2n) is 11.0. The van der Waals surface area contributed by atoms with Gasteiger partial charge in [-0.15, -0.1) is 0 Å². The topological polar surface area (TPSA) is 64.5 Å². The smallest absolute Gasteiger partial charge is 0.253 e. The Hall–Kier alpha value is -2.89. The van der Waals surface area contributed by atoms with Crippen molar-refractivity contribution in [1.82, 2.24) is 9.80 Å². The van der Waals surface area contributed by atoms with E-state index < -0.39 is 5.41 Å². The van der Waals surface area contributed by atoms with Gasteiger partial charge in [-0.1, -0.05) is 67.9 Å². The largest absolute Gasteiger partial charge is 0.339 e. The monoisotopic (exact) mass is 482 g/mol. The van der Waals surface area contributed by atoms with E-state index in [-0.39, 0.29) is 23.7 Å². The highest BCUT2D eigenvalue weighted by Gasteiger charge is 2.58. The van der Waals surface area contributed by atoms with Gasteiger partial charge in [0.2, 0.25) is 5.91 Å². The number of piperidine rings is 1. The van der Waals surface area contributed by atoms with Crippen LogP contribution in [0.3, 0.4) is 0 Å². The van der Waals surface area contributed by atoms with Crippen LogP contribution in [0.2, 0.25) is 6.32 Å². The van der Waals surface area contributed by atoms with E-state index in [1.54, 1.807) is 4.90 Å². The van der Waals surface area contributed by atoms with Crippen molar-refractivity contribution < 1.29 is 9.59 Å². The van der Waals surface area contributed by atoms with Gasteiger partial charge in [-0.05, 0) is 61.8 Å². The summed E-state index contributed by atoms with van der Waals surface area (Å²) < 4.78 is 0. The third kappa shape index (κ3) is 4.29. The van der Waals surface area contributed by atoms with E-state index in [1.807, 2.05) is 29.2 Å². The molecule has 1 saturated carbocycles. The Morgan fingerprint density at radius 1 is 1.11 bits per heavy atom. The second-order valence-corrected chi connectivity index (χ2v) is 11.0. The van der Waals surface area contributed by atoms with Gasteiger partial charge in [0.15, 0.2) is 0 Å². The van der Waals surface area contributed by atoms with Crippen LogP contribution in [-0.4, -0.2) is 47.8 Å². The maximum absolute atomic E-state index is 14.1. The number of nitrogens with zero attached hydrogens (tertiary/aromatic N) is 2. The first kappa shape index (κ1) is 24.8. The third-order valence-electron chi connectivity index (χ3n) is 8.52. The fourth-order valence-electron chi connectivity index (χ4n) is 6.22. The van der Waals surface area contributed by atoms with Gasteiger partial charge < -0.3 is 4.90 Å². The lowest BCUT2D eigenvalue weighted by atomic mass is 9.54. The predicted molar refractivity (Wildman–Crippen MR) is 145 cm³/mol. The zero-order valence-electron chi connectivity index (χ0n) is 21.8. The number of hydrogen-bond donors (Lipinski definition) is 1. The van der Waals surface area contributed by atoms with Crippen LogP contribution < -0.4 is 0 Å². The minimum atomic E-state index is -0.634. The molecule has 187 valence electrons. The van der Waals surface area contributed by atoms with Crippen molar-refractivity contribution >= 4 is 24.9 Å². The molecule has 3 aliphatic rings. The quantitative estimate of drug-likeness (QED) is 0.485. The fourth-order valence-corrected chi connectivity index (χ4v) is 6.22. The molecule has 1 N–H and O–H groups in total. The summed E-state index contributed by atoms with van der Waals surface area (Å²) in [4.78, 5) is 30.9. The molecule has 2 heterocycles. The lowest BCUT2D eigenvalue weighted by Crippen LogP contribution is -2.64. The Balaban J connectivity index is 1.42. The van der Waals surface area contributed by atoms with Crippen LogP contribution in [0.15, 0.2) is 48.5 Å². The fraction of sp³-hybridized carbons (Fsp3) is 0.500. The Bertz CT molecular complexity index is 1170. The number of amidine groups is 1. The van der Waals surface area contributed by atoms with E-state index in [2.05, 4.69) is 52.3 Å². The highest BCUT2D eigenvalue weighted by Crippen LogP contribution is 2.53. The molecule has 2 aromatic carbocycles. The average molecular weight is 482 g/mol. The maximum atomic E-state index is 14.1. The number of amides is 2. The summed E-state index contributed by atoms with van der Waals surface area (Å²) in [6.45, 7) is 8.08. The van der Waals surface area contributed by atoms with Crippen LogP contribution in [0.1, 0.15) is 79.3 Å². The standard InChI is InChI=1S/C30H37BN3O2/c1-4-14-33(15-5-2)28(35)22-10-6-8-20(16-22)19-34-27(32)24-12-13-25(24)30(3,29(34)36)23-11-7-9-21(17-23)26-18-31-26/h6-11,16-17,24-26,32H,4-5,12-15,18-19H2,1-3H3/t24-,25?,26?,30?/m0/s1. The van der Waals surface area contributed by atoms with Crippen molar-refractivity contribution in [3.63, 3.8) is 0 Å². The van der Waals surface area contributed by atoms with Crippen molar-refractivity contribution in [2.24, 2.45) is 11.8 Å². The molecule has 1 aliphatic carbocycles. The molecule has 6 heteroatoms. The van der Waals surface area contributed by atoms with Gasteiger partial charge in [-0.3, -0.25) is 19.9 Å². The lowest BCUT2D eigenvalue weighted by molar-refractivity contribution is -0.141. The maximum Gasteiger partial charge on any atom is 0.253 e. The van der Waals surface area contributed by atoms with E-state index in [0.717, 1.165) is 56.2 Å². The van der Waals surface area contributed by atoms with Gasteiger partial charge in [0.05, 0.1) is 12.0 Å². The van der Waals surface area contributed by atoms with Crippen LogP contribution >= 0.6 is 0 Å². The number of likely N-dealkylation sites (tertiary alicyclic amines) is 1. The molecule has 3 unspecified atom stereocenters. The van der Waals surface area contributed by atoms with E-state index in [4.69, 9.17) is 5.41 Å². The van der Waals surface area contributed by atoms with Crippen LogP contribution in [0.4, 0.5) is 0 Å². The number of benzene rings is 2. The molecule has 2 aromatic rings. The summed E-state index contributed by atoms with van der Waals surface area (Å²) in [6, 6.07) is 16.2. The number of carbonyl (C=O) groups excluding carboxylic acids is 2. The summed E-state index contributed by atoms with van der Waals surface area (Å²) in [5, 5.41) is 8.91. The first-order valence-corrected chi connectivity index (χ1v) is 13.6. The van der Waals surface area contributed by atoms with Crippen LogP contribution in [0, 0.1) is 17.2 Å². The molecule has 5 rings (SSSR count). The normalized spacial score (nSPS) is 26.6. The zero-order chi connectivity index (χ0) is 25.4. The number of fused-ring (bicyclic) bond motifs is 1. The number of rotatable bonds is 9. The third-order valence-corrected chi connectivity index (χ3v) is 8.52. The van der Waals surface area contributed by atoms with Crippen LogP contribution in [-0.2, 0) is 16.8 Å². The number of nitrogens with one attached hydrogen (secondary N) is 1. The van der Waals surface area contributed by atoms with Gasteiger partial charge in [0, 0.05) is 24.6 Å². The van der Waals surface area contributed by atoms with Gasteiger partial charge in [0.25, 0.3) is 5.91 Å². The summed E-state index contributed by atoms with van der Waals surface area (Å²) in [5.41, 5.74) is 3.29. The van der Waals surface area contributed by atoms with Crippen molar-refractivity contribution in [1.29, 1.82) is 5.41 Å². The molecule has 4 atom stereocenters. The molecule has 2 amide bonds. The Morgan fingerprint density at radius 3 is 2.47 bits per heavy atom. The Morgan fingerprint density at radius 2 is 1.83 bits per heavy atom. The molecule has 36 heavy (non-hydrogen) atoms. The van der Waals surface area contributed by atoms with Crippen molar-refractivity contribution in [2.75, 3.05) is 13.1 Å². The SMILES string of the molecule is CCCN(CCC)C(=O)c1cccc(CN2C(=N)[C@H]3CCC3C(C)(c3cccc(C4[B]C4)c3)C2=O)c1. The van der Waals surface area contributed by atoms with E-state index in [9.17, 15) is 9.59 Å². The van der Waals surface area contributed by atoms with Gasteiger partial charge in [-0.25, -0.2) is 0 Å². The van der Waals surface area contributed by atoms with Crippen molar-refractivity contribution in [3.05, 3.63) is 70.8 Å². The number of carbonyl (C=O) groups is 2. The van der Waals surface area contributed by atoms with Crippen molar-refractivity contribution in [2.45, 2.75) is 70.6 Å². The van der Waals surface area contributed by atoms with E-state index in [1.165, 1.54) is 5.56 Å². The molecular weight excluding hydrogens is 445 g/mol. The molecule has 0 bridgehead atoms. The minimum absolute atomic E-state index is 0.0145. The zero-order valence-corrected chi connectivity index (χ0v) is 21.8.